The van der Waals surface area contributed by atoms with Gasteiger partial charge in [0.1, 0.15) is 5.82 Å². The Kier molecular flexibility index (Phi) is 8.36. The van der Waals surface area contributed by atoms with E-state index in [9.17, 15) is 5.11 Å². The van der Waals surface area contributed by atoms with Crippen LogP contribution in [0.5, 0.6) is 0 Å². The molecule has 2 aliphatic rings. The summed E-state index contributed by atoms with van der Waals surface area (Å²) in [7, 11) is 0. The largest absolute Gasteiger partial charge is 0.393 e. The van der Waals surface area contributed by atoms with Crippen molar-refractivity contribution in [3.05, 3.63) is 24.4 Å². The zero-order valence-electron chi connectivity index (χ0n) is 17.2. The zero-order valence-corrected chi connectivity index (χ0v) is 17.2. The fourth-order valence-corrected chi connectivity index (χ4v) is 3.94. The number of guanidine groups is 1. The van der Waals surface area contributed by atoms with Crippen LogP contribution in [0.1, 0.15) is 39.0 Å². The third kappa shape index (κ3) is 6.63. The molecular formula is C21H36N6O. The second-order valence-corrected chi connectivity index (χ2v) is 7.78. The Morgan fingerprint density at radius 1 is 1.18 bits per heavy atom. The molecule has 2 fully saturated rings. The summed E-state index contributed by atoms with van der Waals surface area (Å²) >= 11 is 0. The van der Waals surface area contributed by atoms with Crippen LogP contribution in [0.2, 0.25) is 0 Å². The molecule has 0 radical (unpaired) electrons. The number of nitrogens with zero attached hydrogens (tertiary/aromatic N) is 4. The van der Waals surface area contributed by atoms with Gasteiger partial charge >= 0.3 is 0 Å². The molecule has 7 heteroatoms. The van der Waals surface area contributed by atoms with Crippen molar-refractivity contribution in [1.29, 1.82) is 0 Å². The standard InChI is InChI=1S/C21H36N6O/c1-2-22-21(24-12-5-13-26-14-9-19(28)10-15-26)25-18-7-16-27(17-8-18)20-6-3-4-11-23-20/h3-4,6,11,18-19,28H,2,5,7-10,12-17H2,1H3,(H2,22,24,25). The number of hydrogen-bond acceptors (Lipinski definition) is 5. The fourth-order valence-electron chi connectivity index (χ4n) is 3.94. The van der Waals surface area contributed by atoms with Gasteiger partial charge in [0.05, 0.1) is 6.10 Å². The van der Waals surface area contributed by atoms with E-state index in [-0.39, 0.29) is 6.10 Å². The maximum absolute atomic E-state index is 9.60. The molecule has 0 aromatic carbocycles. The Bertz CT molecular complexity index is 580. The van der Waals surface area contributed by atoms with Crippen LogP contribution in [0.25, 0.3) is 0 Å². The number of pyridine rings is 1. The van der Waals surface area contributed by atoms with E-state index in [1.807, 2.05) is 12.3 Å². The fraction of sp³-hybridized carbons (Fsp3) is 0.714. The number of aliphatic hydroxyl groups excluding tert-OH is 1. The number of aliphatic imine (C=N–C) groups is 1. The van der Waals surface area contributed by atoms with Gasteiger partial charge in [0.2, 0.25) is 0 Å². The van der Waals surface area contributed by atoms with E-state index < -0.39 is 0 Å². The van der Waals surface area contributed by atoms with Crippen molar-refractivity contribution in [2.24, 2.45) is 4.99 Å². The molecule has 0 amide bonds. The van der Waals surface area contributed by atoms with E-state index >= 15 is 0 Å². The molecule has 0 saturated carbocycles. The molecule has 1 aromatic heterocycles. The Balaban J connectivity index is 1.38. The van der Waals surface area contributed by atoms with Crippen LogP contribution in [-0.2, 0) is 0 Å². The highest BCUT2D eigenvalue weighted by molar-refractivity contribution is 5.80. The maximum Gasteiger partial charge on any atom is 0.191 e. The van der Waals surface area contributed by atoms with Gasteiger partial charge in [-0.2, -0.15) is 0 Å². The summed E-state index contributed by atoms with van der Waals surface area (Å²) in [4.78, 5) is 14.0. The predicted octanol–water partition coefficient (Wildman–Crippen LogP) is 1.45. The number of nitrogens with one attached hydrogen (secondary N) is 2. The highest BCUT2D eigenvalue weighted by atomic mass is 16.3. The Labute approximate surface area is 169 Å². The van der Waals surface area contributed by atoms with Gasteiger partial charge in [-0.1, -0.05) is 6.07 Å². The van der Waals surface area contributed by atoms with Crippen LogP contribution in [0.3, 0.4) is 0 Å². The van der Waals surface area contributed by atoms with E-state index in [4.69, 9.17) is 4.99 Å². The molecule has 2 aliphatic heterocycles. The molecule has 0 spiro atoms. The van der Waals surface area contributed by atoms with Gasteiger partial charge in [0, 0.05) is 51.5 Å². The van der Waals surface area contributed by atoms with Crippen LogP contribution >= 0.6 is 0 Å². The molecule has 2 saturated heterocycles. The van der Waals surface area contributed by atoms with Gasteiger partial charge in [-0.25, -0.2) is 4.98 Å². The smallest absolute Gasteiger partial charge is 0.191 e. The van der Waals surface area contributed by atoms with Crippen molar-refractivity contribution in [2.45, 2.75) is 51.2 Å². The summed E-state index contributed by atoms with van der Waals surface area (Å²) in [5.41, 5.74) is 0. The molecule has 3 heterocycles. The Morgan fingerprint density at radius 2 is 1.96 bits per heavy atom. The Hall–Kier alpha value is -1.86. The lowest BCUT2D eigenvalue weighted by molar-refractivity contribution is 0.0824. The van der Waals surface area contributed by atoms with E-state index in [1.165, 1.54) is 0 Å². The molecule has 1 aromatic rings. The van der Waals surface area contributed by atoms with Crippen LogP contribution in [0.15, 0.2) is 29.4 Å². The van der Waals surface area contributed by atoms with Gasteiger partial charge in [0.25, 0.3) is 0 Å². The topological polar surface area (TPSA) is 76.0 Å². The van der Waals surface area contributed by atoms with Crippen LogP contribution in [0, 0.1) is 0 Å². The number of aliphatic hydroxyl groups is 1. The van der Waals surface area contributed by atoms with Crippen molar-refractivity contribution in [2.75, 3.05) is 50.7 Å². The molecule has 7 nitrogen and oxygen atoms in total. The molecule has 156 valence electrons. The van der Waals surface area contributed by atoms with Gasteiger partial charge in [-0.3, -0.25) is 4.99 Å². The van der Waals surface area contributed by atoms with Crippen molar-refractivity contribution in [3.8, 4) is 0 Å². The van der Waals surface area contributed by atoms with E-state index in [2.05, 4.69) is 44.5 Å². The molecular weight excluding hydrogens is 352 g/mol. The van der Waals surface area contributed by atoms with E-state index in [0.717, 1.165) is 89.7 Å². The quantitative estimate of drug-likeness (QED) is 0.373. The summed E-state index contributed by atoms with van der Waals surface area (Å²) < 4.78 is 0. The minimum atomic E-state index is -0.0945. The first-order valence-corrected chi connectivity index (χ1v) is 10.9. The van der Waals surface area contributed by atoms with Crippen LogP contribution in [0.4, 0.5) is 5.82 Å². The van der Waals surface area contributed by atoms with Gasteiger partial charge in [0.15, 0.2) is 5.96 Å². The minimum absolute atomic E-state index is 0.0945. The lowest BCUT2D eigenvalue weighted by atomic mass is 10.1. The summed E-state index contributed by atoms with van der Waals surface area (Å²) in [6.45, 7) is 8.96. The van der Waals surface area contributed by atoms with Crippen molar-refractivity contribution < 1.29 is 5.11 Å². The second-order valence-electron chi connectivity index (χ2n) is 7.78. The minimum Gasteiger partial charge on any atom is -0.393 e. The lowest BCUT2D eigenvalue weighted by Crippen LogP contribution is -2.49. The summed E-state index contributed by atoms with van der Waals surface area (Å²) in [6, 6.07) is 6.56. The van der Waals surface area contributed by atoms with E-state index in [1.54, 1.807) is 0 Å². The van der Waals surface area contributed by atoms with Gasteiger partial charge in [-0.15, -0.1) is 0 Å². The lowest BCUT2D eigenvalue weighted by Gasteiger charge is -2.33. The number of likely N-dealkylation sites (tertiary alicyclic amines) is 1. The van der Waals surface area contributed by atoms with Crippen LogP contribution < -0.4 is 15.5 Å². The van der Waals surface area contributed by atoms with Crippen LogP contribution in [-0.4, -0.2) is 78.9 Å². The number of anilines is 1. The normalized spacial score (nSPS) is 20.4. The number of hydrogen-bond donors (Lipinski definition) is 3. The summed E-state index contributed by atoms with van der Waals surface area (Å²) in [6.07, 6.45) is 6.83. The summed E-state index contributed by atoms with van der Waals surface area (Å²) in [5.74, 6) is 2.01. The Morgan fingerprint density at radius 3 is 2.64 bits per heavy atom. The summed E-state index contributed by atoms with van der Waals surface area (Å²) in [5, 5.41) is 16.6. The molecule has 0 bridgehead atoms. The van der Waals surface area contributed by atoms with Crippen molar-refractivity contribution in [3.63, 3.8) is 0 Å². The number of aromatic nitrogens is 1. The molecule has 0 atom stereocenters. The zero-order chi connectivity index (χ0) is 19.6. The first-order chi connectivity index (χ1) is 13.7. The highest BCUT2D eigenvalue weighted by Gasteiger charge is 2.21. The SMILES string of the molecule is CCNC(=NCCCN1CCC(O)CC1)NC1CCN(c2ccccn2)CC1. The second kappa shape index (κ2) is 11.2. The average Bonchev–Trinajstić information content (AvgIpc) is 2.74. The van der Waals surface area contributed by atoms with Gasteiger partial charge in [-0.05, 0) is 57.7 Å². The first kappa shape index (κ1) is 20.9. The van der Waals surface area contributed by atoms with Crippen molar-refractivity contribution in [1.82, 2.24) is 20.5 Å². The molecule has 3 N–H and O–H groups in total. The molecule has 0 unspecified atom stereocenters. The third-order valence-corrected chi connectivity index (χ3v) is 5.61. The average molecular weight is 389 g/mol. The number of piperidine rings is 2. The first-order valence-electron chi connectivity index (χ1n) is 10.9. The third-order valence-electron chi connectivity index (χ3n) is 5.61. The molecule has 28 heavy (non-hydrogen) atoms. The van der Waals surface area contributed by atoms with E-state index in [0.29, 0.717) is 6.04 Å². The molecule has 0 aliphatic carbocycles. The monoisotopic (exact) mass is 388 g/mol. The highest BCUT2D eigenvalue weighted by Crippen LogP contribution is 2.17. The predicted molar refractivity (Wildman–Crippen MR) is 115 cm³/mol. The number of rotatable bonds is 7. The maximum atomic E-state index is 9.60. The molecule has 3 rings (SSSR count). The van der Waals surface area contributed by atoms with Crippen molar-refractivity contribution >= 4 is 11.8 Å². The van der Waals surface area contributed by atoms with Gasteiger partial charge < -0.3 is 25.5 Å².